The number of aliphatic hydroxyl groups is 5. The summed E-state index contributed by atoms with van der Waals surface area (Å²) in [6.07, 6.45) is -7.61. The highest BCUT2D eigenvalue weighted by Crippen LogP contribution is 2.31. The van der Waals surface area contributed by atoms with Crippen LogP contribution in [0.25, 0.3) is 0 Å². The number of carbonyl (C=O) groups is 2. The molecule has 0 spiro atoms. The first-order chi connectivity index (χ1) is 10.2. The van der Waals surface area contributed by atoms with Gasteiger partial charge in [0.2, 0.25) is 5.91 Å². The van der Waals surface area contributed by atoms with Crippen LogP contribution >= 0.6 is 0 Å². The normalized spacial score (nSPS) is 34.6. The van der Waals surface area contributed by atoms with E-state index in [0.717, 1.165) is 6.92 Å². The lowest BCUT2D eigenvalue weighted by Gasteiger charge is -2.44. The Hall–Kier alpha value is -1.34. The van der Waals surface area contributed by atoms with Gasteiger partial charge in [0.25, 0.3) is 5.79 Å². The van der Waals surface area contributed by atoms with Crippen LogP contribution in [0.2, 0.25) is 0 Å². The number of rotatable bonds is 5. The predicted molar refractivity (Wildman–Crippen MR) is 65.9 cm³/mol. The molecule has 0 aromatic carbocycles. The largest absolute Gasteiger partial charge is 0.400 e. The molecule has 0 radical (unpaired) electrons. The Bertz CT molecular complexity index is 418. The molecule has 1 amide bonds. The van der Waals surface area contributed by atoms with Crippen LogP contribution < -0.4 is 5.32 Å². The molecule has 1 rings (SSSR count). The van der Waals surface area contributed by atoms with Crippen molar-refractivity contribution < 1.29 is 50.0 Å². The third-order valence-corrected chi connectivity index (χ3v) is 3.28. The second-order valence-corrected chi connectivity index (χ2v) is 4.98. The minimum atomic E-state index is -2.80. The molecule has 1 heterocycles. The van der Waals surface area contributed by atoms with Crippen molar-refractivity contribution in [1.82, 2.24) is 5.32 Å². The zero-order valence-corrected chi connectivity index (χ0v) is 11.6. The third kappa shape index (κ3) is 3.89. The summed E-state index contributed by atoms with van der Waals surface area (Å²) in [5.74, 6) is -5.06. The predicted octanol–water partition coefficient (Wildman–Crippen LogP) is -3.94. The summed E-state index contributed by atoms with van der Waals surface area (Å²) in [6, 6.07) is -1.29. The number of hydrogen-bond donors (Lipinski definition) is 7. The van der Waals surface area contributed by atoms with Crippen LogP contribution in [0.4, 0.5) is 0 Å². The zero-order chi connectivity index (χ0) is 17.1. The van der Waals surface area contributed by atoms with Crippen LogP contribution in [-0.4, -0.2) is 85.5 Å². The smallest absolute Gasteiger partial charge is 0.394 e. The lowest BCUT2D eigenvalue weighted by Crippen LogP contribution is -2.67. The molecule has 11 nitrogen and oxygen atoms in total. The van der Waals surface area contributed by atoms with E-state index in [-0.39, 0.29) is 0 Å². The number of carbonyl (C=O) groups excluding carboxylic acids is 2. The molecule has 1 saturated heterocycles. The maximum atomic E-state index is 11.3. The van der Waals surface area contributed by atoms with E-state index < -0.39 is 61.1 Å². The van der Waals surface area contributed by atoms with Crippen molar-refractivity contribution in [3.63, 3.8) is 0 Å². The van der Waals surface area contributed by atoms with Gasteiger partial charge in [-0.15, -0.1) is 0 Å². The summed E-state index contributed by atoms with van der Waals surface area (Å²) < 4.78 is 4.92. The molecule has 0 aromatic heterocycles. The molecule has 0 aromatic rings. The van der Waals surface area contributed by atoms with Crippen LogP contribution in [0.5, 0.6) is 0 Å². The molecule has 6 atom stereocenters. The molecule has 22 heavy (non-hydrogen) atoms. The van der Waals surface area contributed by atoms with Gasteiger partial charge in [-0.2, -0.15) is 5.26 Å². The van der Waals surface area contributed by atoms with Crippen LogP contribution in [0, 0.1) is 0 Å². The van der Waals surface area contributed by atoms with Gasteiger partial charge in [0, 0.05) is 13.3 Å². The SMILES string of the molecule is CC(=O)N[C@H]1[C@H]([C@H](O)[C@H](O)CO)OC(O)(C(=O)OO)C[C@@H]1O. The van der Waals surface area contributed by atoms with E-state index in [1.54, 1.807) is 0 Å². The fourth-order valence-corrected chi connectivity index (χ4v) is 2.20. The summed E-state index contributed by atoms with van der Waals surface area (Å²) >= 11 is 0. The molecule has 7 N–H and O–H groups in total. The van der Waals surface area contributed by atoms with Crippen LogP contribution in [-0.2, 0) is 19.2 Å². The highest BCUT2D eigenvalue weighted by molar-refractivity contribution is 5.77. The summed E-state index contributed by atoms with van der Waals surface area (Å²) in [7, 11) is 0. The molecule has 0 aliphatic carbocycles. The van der Waals surface area contributed by atoms with Gasteiger partial charge in [-0.3, -0.25) is 9.68 Å². The number of nitrogens with one attached hydrogen (secondary N) is 1. The van der Waals surface area contributed by atoms with Gasteiger partial charge in [-0.25, -0.2) is 4.79 Å². The molecule has 1 aliphatic heterocycles. The number of ether oxygens (including phenoxy) is 1. The van der Waals surface area contributed by atoms with Gasteiger partial charge >= 0.3 is 5.97 Å². The Morgan fingerprint density at radius 3 is 2.50 bits per heavy atom. The van der Waals surface area contributed by atoms with E-state index in [1.165, 1.54) is 0 Å². The zero-order valence-electron chi connectivity index (χ0n) is 11.6. The van der Waals surface area contributed by atoms with Crippen LogP contribution in [0.15, 0.2) is 0 Å². The summed E-state index contributed by atoms with van der Waals surface area (Å²) in [4.78, 5) is 25.8. The molecule has 0 bridgehead atoms. The summed E-state index contributed by atoms with van der Waals surface area (Å²) in [6.45, 7) is 0.230. The quantitative estimate of drug-likeness (QED) is 0.194. The Morgan fingerprint density at radius 2 is 2.05 bits per heavy atom. The van der Waals surface area contributed by atoms with Crippen molar-refractivity contribution >= 4 is 11.9 Å². The molecular formula is C11H19NO10. The van der Waals surface area contributed by atoms with Gasteiger partial charge < -0.3 is 35.6 Å². The van der Waals surface area contributed by atoms with Gasteiger partial charge in [-0.1, -0.05) is 0 Å². The van der Waals surface area contributed by atoms with Gasteiger partial charge in [-0.05, 0) is 0 Å². The molecule has 11 heteroatoms. The first-order valence-electron chi connectivity index (χ1n) is 6.34. The van der Waals surface area contributed by atoms with Gasteiger partial charge in [0.1, 0.15) is 18.3 Å². The Morgan fingerprint density at radius 1 is 1.45 bits per heavy atom. The average molecular weight is 325 g/mol. The first-order valence-corrected chi connectivity index (χ1v) is 6.34. The van der Waals surface area contributed by atoms with Gasteiger partial charge in [0.15, 0.2) is 0 Å². The maximum absolute atomic E-state index is 11.3. The molecule has 0 saturated carbocycles. The van der Waals surface area contributed by atoms with Crippen molar-refractivity contribution in [2.75, 3.05) is 6.61 Å². The Labute approximate surface area is 124 Å². The van der Waals surface area contributed by atoms with E-state index >= 15 is 0 Å². The van der Waals surface area contributed by atoms with Crippen molar-refractivity contribution in [1.29, 1.82) is 0 Å². The van der Waals surface area contributed by atoms with Crippen molar-refractivity contribution in [2.24, 2.45) is 0 Å². The third-order valence-electron chi connectivity index (χ3n) is 3.28. The summed E-state index contributed by atoms with van der Waals surface area (Å²) in [5, 5.41) is 58.7. The minimum Gasteiger partial charge on any atom is -0.394 e. The molecule has 1 fully saturated rings. The highest BCUT2D eigenvalue weighted by Gasteiger charge is 2.54. The maximum Gasteiger partial charge on any atom is 0.400 e. The first kappa shape index (κ1) is 18.7. The topological polar surface area (TPSA) is 186 Å². The second-order valence-electron chi connectivity index (χ2n) is 4.98. The molecular weight excluding hydrogens is 306 g/mol. The average Bonchev–Trinajstić information content (AvgIpc) is 2.46. The van der Waals surface area contributed by atoms with Crippen molar-refractivity contribution in [3.05, 3.63) is 0 Å². The van der Waals surface area contributed by atoms with Crippen molar-refractivity contribution in [3.8, 4) is 0 Å². The Kier molecular flexibility index (Phi) is 6.19. The second kappa shape index (κ2) is 7.28. The molecule has 1 unspecified atom stereocenters. The molecule has 1 aliphatic rings. The minimum absolute atomic E-state index is 0.612. The van der Waals surface area contributed by atoms with Crippen LogP contribution in [0.1, 0.15) is 13.3 Å². The number of aliphatic hydroxyl groups excluding tert-OH is 4. The van der Waals surface area contributed by atoms with E-state index in [0.29, 0.717) is 0 Å². The lowest BCUT2D eigenvalue weighted by atomic mass is 9.88. The monoisotopic (exact) mass is 325 g/mol. The van der Waals surface area contributed by atoms with E-state index in [2.05, 4.69) is 10.2 Å². The van der Waals surface area contributed by atoms with Crippen LogP contribution in [0.3, 0.4) is 0 Å². The van der Waals surface area contributed by atoms with E-state index in [1.807, 2.05) is 0 Å². The van der Waals surface area contributed by atoms with E-state index in [9.17, 15) is 30.0 Å². The molecule has 128 valence electrons. The number of hydrogen-bond acceptors (Lipinski definition) is 10. The van der Waals surface area contributed by atoms with E-state index in [4.69, 9.17) is 15.1 Å². The van der Waals surface area contributed by atoms with Crippen molar-refractivity contribution in [2.45, 2.75) is 49.6 Å². The fourth-order valence-electron chi connectivity index (χ4n) is 2.20. The standard InChI is InChI=1S/C11H19NO10/c1-4(14)12-7-5(15)2-11(19,10(18)22-20)21-9(7)8(17)6(16)3-13/h5-9,13,15-17,19-20H,2-3H2,1H3,(H,12,14)/t5-,6+,7+,8+,9+,11?/m0/s1. The number of amides is 1. The Balaban J connectivity index is 3.09. The summed E-state index contributed by atoms with van der Waals surface area (Å²) in [5.41, 5.74) is 0. The fraction of sp³-hybridized carbons (Fsp3) is 0.818. The highest BCUT2D eigenvalue weighted by atomic mass is 17.1. The van der Waals surface area contributed by atoms with Gasteiger partial charge in [0.05, 0.1) is 18.8 Å². The lowest BCUT2D eigenvalue weighted by molar-refractivity contribution is -0.324.